The first-order valence-corrected chi connectivity index (χ1v) is 12.3. The van der Waals surface area contributed by atoms with E-state index < -0.39 is 28.0 Å². The molecule has 3 N–H and O–H groups in total. The zero-order valence-electron chi connectivity index (χ0n) is 17.3. The summed E-state index contributed by atoms with van der Waals surface area (Å²) in [5, 5.41) is 12.9. The smallest absolute Gasteiger partial charge is 0.266 e. The minimum Gasteiger partial charge on any atom is -0.391 e. The molecule has 2 unspecified atom stereocenters. The van der Waals surface area contributed by atoms with Gasteiger partial charge in [0.25, 0.3) is 10.1 Å². The number of carbonyl (C=O) groups is 1. The van der Waals surface area contributed by atoms with Gasteiger partial charge in [-0.1, -0.05) is 84.5 Å². The molecule has 0 rings (SSSR count). The van der Waals surface area contributed by atoms with Crippen LogP contribution in [-0.4, -0.2) is 41.9 Å². The summed E-state index contributed by atoms with van der Waals surface area (Å²) >= 11 is 0. The van der Waals surface area contributed by atoms with E-state index in [1.54, 1.807) is 0 Å². The van der Waals surface area contributed by atoms with E-state index in [1.807, 2.05) is 0 Å². The first-order valence-electron chi connectivity index (χ1n) is 10.7. The molecular formula is C20H41NO5S. The van der Waals surface area contributed by atoms with Crippen LogP contribution in [0.3, 0.4) is 0 Å². The lowest BCUT2D eigenvalue weighted by molar-refractivity contribution is -0.122. The minimum absolute atomic E-state index is 0.262. The summed E-state index contributed by atoms with van der Waals surface area (Å²) in [7, 11) is -4.27. The van der Waals surface area contributed by atoms with E-state index in [1.165, 1.54) is 25.7 Å². The van der Waals surface area contributed by atoms with Gasteiger partial charge in [0.15, 0.2) is 0 Å². The fraction of sp³-hybridized carbons (Fsp3) is 0.950. The van der Waals surface area contributed by atoms with E-state index in [9.17, 15) is 18.3 Å². The number of aliphatic hydroxyl groups excluding tert-OH is 1. The van der Waals surface area contributed by atoms with Crippen LogP contribution in [0, 0.1) is 0 Å². The second-order valence-electron chi connectivity index (χ2n) is 7.56. The van der Waals surface area contributed by atoms with Crippen LogP contribution < -0.4 is 5.32 Å². The first-order chi connectivity index (χ1) is 12.8. The predicted molar refractivity (Wildman–Crippen MR) is 110 cm³/mol. The van der Waals surface area contributed by atoms with Gasteiger partial charge < -0.3 is 10.4 Å². The molecule has 162 valence electrons. The zero-order chi connectivity index (χ0) is 20.5. The summed E-state index contributed by atoms with van der Waals surface area (Å²) in [6.45, 7) is 4.30. The van der Waals surface area contributed by atoms with Crippen molar-refractivity contribution < 1.29 is 22.9 Å². The molecule has 1 amide bonds. The van der Waals surface area contributed by atoms with Crippen LogP contribution in [0.25, 0.3) is 0 Å². The number of amides is 1. The summed E-state index contributed by atoms with van der Waals surface area (Å²) in [4.78, 5) is 12.1. The van der Waals surface area contributed by atoms with E-state index >= 15 is 0 Å². The minimum atomic E-state index is -4.27. The molecule has 0 aromatic heterocycles. The Bertz CT molecular complexity index is 467. The highest BCUT2D eigenvalue weighted by Gasteiger charge is 2.25. The molecule has 7 heteroatoms. The molecule has 2 atom stereocenters. The van der Waals surface area contributed by atoms with Gasteiger partial charge in [-0.05, 0) is 12.8 Å². The highest BCUT2D eigenvalue weighted by Crippen LogP contribution is 2.12. The van der Waals surface area contributed by atoms with E-state index in [4.69, 9.17) is 4.55 Å². The second-order valence-corrected chi connectivity index (χ2v) is 9.06. The van der Waals surface area contributed by atoms with Crippen molar-refractivity contribution in [1.29, 1.82) is 0 Å². The van der Waals surface area contributed by atoms with Crippen molar-refractivity contribution in [2.45, 2.75) is 116 Å². The molecule has 0 radical (unpaired) electrons. The SMILES string of the molecule is CCCCCCCCCC(=O)NC(CS(=O)(=O)O)C(O)CCCCCCC. The molecule has 0 saturated carbocycles. The van der Waals surface area contributed by atoms with E-state index in [0.29, 0.717) is 12.8 Å². The zero-order valence-corrected chi connectivity index (χ0v) is 18.1. The van der Waals surface area contributed by atoms with Crippen molar-refractivity contribution >= 4 is 16.0 Å². The number of hydrogen-bond acceptors (Lipinski definition) is 4. The molecule has 6 nitrogen and oxygen atoms in total. The van der Waals surface area contributed by atoms with Gasteiger partial charge in [0, 0.05) is 6.42 Å². The van der Waals surface area contributed by atoms with Crippen LogP contribution in [0.15, 0.2) is 0 Å². The van der Waals surface area contributed by atoms with Gasteiger partial charge in [-0.25, -0.2) is 0 Å². The monoisotopic (exact) mass is 407 g/mol. The summed E-state index contributed by atoms with van der Waals surface area (Å²) in [5.41, 5.74) is 0. The average molecular weight is 408 g/mol. The number of hydrogen-bond donors (Lipinski definition) is 3. The van der Waals surface area contributed by atoms with Gasteiger partial charge in [0.05, 0.1) is 17.9 Å². The Hall–Kier alpha value is -0.660. The molecule has 0 spiro atoms. The molecule has 0 bridgehead atoms. The number of nitrogens with one attached hydrogen (secondary N) is 1. The van der Waals surface area contributed by atoms with Crippen molar-refractivity contribution in [2.75, 3.05) is 5.75 Å². The van der Waals surface area contributed by atoms with Crippen LogP contribution in [-0.2, 0) is 14.9 Å². The van der Waals surface area contributed by atoms with Crippen molar-refractivity contribution in [1.82, 2.24) is 5.32 Å². The molecule has 0 heterocycles. The average Bonchev–Trinajstić information content (AvgIpc) is 2.59. The maximum Gasteiger partial charge on any atom is 0.266 e. The quantitative estimate of drug-likeness (QED) is 0.233. The first kappa shape index (κ1) is 26.3. The van der Waals surface area contributed by atoms with Crippen molar-refractivity contribution in [3.8, 4) is 0 Å². The Kier molecular flexibility index (Phi) is 15.9. The van der Waals surface area contributed by atoms with Gasteiger partial charge in [-0.3, -0.25) is 9.35 Å². The molecule has 0 aromatic rings. The number of aliphatic hydroxyl groups is 1. The third-order valence-electron chi connectivity index (χ3n) is 4.81. The number of rotatable bonds is 18. The van der Waals surface area contributed by atoms with E-state index in [0.717, 1.165) is 51.4 Å². The molecule has 27 heavy (non-hydrogen) atoms. The van der Waals surface area contributed by atoms with E-state index in [-0.39, 0.29) is 5.91 Å². The third kappa shape index (κ3) is 17.2. The fourth-order valence-electron chi connectivity index (χ4n) is 3.16. The Morgan fingerprint density at radius 1 is 0.852 bits per heavy atom. The van der Waals surface area contributed by atoms with Crippen LogP contribution in [0.5, 0.6) is 0 Å². The maximum absolute atomic E-state index is 12.1. The highest BCUT2D eigenvalue weighted by molar-refractivity contribution is 7.85. The largest absolute Gasteiger partial charge is 0.391 e. The van der Waals surface area contributed by atoms with Gasteiger partial charge in [-0.15, -0.1) is 0 Å². The summed E-state index contributed by atoms with van der Waals surface area (Å²) < 4.78 is 31.6. The Labute approximate surface area is 166 Å². The van der Waals surface area contributed by atoms with Crippen LogP contribution in [0.4, 0.5) is 0 Å². The van der Waals surface area contributed by atoms with Crippen molar-refractivity contribution in [3.05, 3.63) is 0 Å². The molecule has 0 aliphatic rings. The fourth-order valence-corrected chi connectivity index (χ4v) is 3.91. The predicted octanol–water partition coefficient (Wildman–Crippen LogP) is 4.22. The normalized spacial score (nSPS) is 14.1. The molecule has 0 aromatic carbocycles. The van der Waals surface area contributed by atoms with Gasteiger partial charge in [-0.2, -0.15) is 8.42 Å². The summed E-state index contributed by atoms with van der Waals surface area (Å²) in [5.74, 6) is -0.909. The second kappa shape index (κ2) is 16.3. The lowest BCUT2D eigenvalue weighted by Crippen LogP contribution is -2.47. The van der Waals surface area contributed by atoms with Gasteiger partial charge in [0.1, 0.15) is 0 Å². The molecule has 0 aliphatic carbocycles. The molecule has 0 saturated heterocycles. The Morgan fingerprint density at radius 2 is 1.33 bits per heavy atom. The summed E-state index contributed by atoms with van der Waals surface area (Å²) in [6, 6.07) is -0.955. The Balaban J connectivity index is 4.24. The van der Waals surface area contributed by atoms with E-state index in [2.05, 4.69) is 19.2 Å². The van der Waals surface area contributed by atoms with Gasteiger partial charge in [0.2, 0.25) is 5.91 Å². The van der Waals surface area contributed by atoms with Gasteiger partial charge >= 0.3 is 0 Å². The third-order valence-corrected chi connectivity index (χ3v) is 5.59. The molecule has 0 fully saturated rings. The van der Waals surface area contributed by atoms with Crippen LogP contribution in [0.2, 0.25) is 0 Å². The van der Waals surface area contributed by atoms with Crippen LogP contribution in [0.1, 0.15) is 104 Å². The topological polar surface area (TPSA) is 104 Å². The lowest BCUT2D eigenvalue weighted by atomic mass is 10.0. The van der Waals surface area contributed by atoms with Crippen molar-refractivity contribution in [3.63, 3.8) is 0 Å². The molecular weight excluding hydrogens is 366 g/mol. The Morgan fingerprint density at radius 3 is 1.85 bits per heavy atom. The molecule has 0 aliphatic heterocycles. The maximum atomic E-state index is 12.1. The standard InChI is InChI=1S/C20H41NO5S/c1-3-5-7-9-10-12-14-16-20(23)21-18(17-27(24,25)26)19(22)15-13-11-8-6-4-2/h18-19,22H,3-17H2,1-2H3,(H,21,23)(H,24,25,26). The number of carbonyl (C=O) groups excluding carboxylic acids is 1. The van der Waals surface area contributed by atoms with Crippen LogP contribution >= 0.6 is 0 Å². The lowest BCUT2D eigenvalue weighted by Gasteiger charge is -2.23. The summed E-state index contributed by atoms with van der Waals surface area (Å²) in [6.07, 6.45) is 12.5. The van der Waals surface area contributed by atoms with Crippen molar-refractivity contribution in [2.24, 2.45) is 0 Å². The number of unbranched alkanes of at least 4 members (excludes halogenated alkanes) is 10. The highest BCUT2D eigenvalue weighted by atomic mass is 32.2.